The van der Waals surface area contributed by atoms with Crippen LogP contribution in [0.25, 0.3) is 0 Å². The van der Waals surface area contributed by atoms with Crippen LogP contribution in [0.4, 0.5) is 20.2 Å². The molecule has 0 unspecified atom stereocenters. The maximum atomic E-state index is 13.6. The molecule has 28 heavy (non-hydrogen) atoms. The number of sulfonamides is 1. The smallest absolute Gasteiger partial charge is 0.247 e. The number of ether oxygens (including phenoxy) is 1. The lowest BCUT2D eigenvalue weighted by atomic mass is 10.2. The third kappa shape index (κ3) is 5.41. The molecule has 9 heteroatoms. The normalized spacial score (nSPS) is 12.5. The minimum Gasteiger partial charge on any atom is -0.491 e. The highest BCUT2D eigenvalue weighted by atomic mass is 32.2. The molecule has 1 amide bonds. The van der Waals surface area contributed by atoms with Gasteiger partial charge in [-0.2, -0.15) is 0 Å². The van der Waals surface area contributed by atoms with Crippen LogP contribution in [0.2, 0.25) is 0 Å². The minimum absolute atomic E-state index is 0.000105. The summed E-state index contributed by atoms with van der Waals surface area (Å²) in [6, 6.07) is 8.01. The number of carbonyl (C=O) groups is 1. The van der Waals surface area contributed by atoms with Gasteiger partial charge < -0.3 is 10.1 Å². The van der Waals surface area contributed by atoms with Crippen LogP contribution in [0.1, 0.15) is 20.8 Å². The van der Waals surface area contributed by atoms with E-state index in [-0.39, 0.29) is 11.8 Å². The Morgan fingerprint density at radius 3 is 2.14 bits per heavy atom. The number of hydrogen-bond acceptors (Lipinski definition) is 4. The van der Waals surface area contributed by atoms with Crippen molar-refractivity contribution in [3.8, 4) is 5.75 Å². The van der Waals surface area contributed by atoms with E-state index in [1.54, 1.807) is 24.3 Å². The van der Waals surface area contributed by atoms with Gasteiger partial charge in [0.1, 0.15) is 11.8 Å². The number of nitrogens with zero attached hydrogens (tertiary/aromatic N) is 1. The molecule has 6 nitrogen and oxygen atoms in total. The number of carbonyl (C=O) groups excluding carboxylic acids is 1. The molecule has 1 atom stereocenters. The van der Waals surface area contributed by atoms with Crippen molar-refractivity contribution >= 4 is 27.3 Å². The van der Waals surface area contributed by atoms with Gasteiger partial charge in [0, 0.05) is 11.8 Å². The van der Waals surface area contributed by atoms with E-state index in [0.29, 0.717) is 11.4 Å². The van der Waals surface area contributed by atoms with E-state index >= 15 is 0 Å². The summed E-state index contributed by atoms with van der Waals surface area (Å²) in [4.78, 5) is 12.6. The van der Waals surface area contributed by atoms with Gasteiger partial charge in [0.15, 0.2) is 11.6 Å². The maximum absolute atomic E-state index is 13.6. The fourth-order valence-corrected chi connectivity index (χ4v) is 3.73. The molecule has 0 fully saturated rings. The summed E-state index contributed by atoms with van der Waals surface area (Å²) in [5, 5.41) is 2.60. The standard InChI is InChI=1S/C19H22F2N2O4S/c1-12(2)27-16-8-5-14(6-9-16)22-19(24)13(3)23(28(4,25)26)15-7-10-17(20)18(21)11-15/h5-13H,1-4H3,(H,22,24)/t13-/m1/s1. The molecule has 0 saturated heterocycles. The highest BCUT2D eigenvalue weighted by Gasteiger charge is 2.29. The van der Waals surface area contributed by atoms with Crippen molar-refractivity contribution in [3.05, 3.63) is 54.1 Å². The Balaban J connectivity index is 2.23. The van der Waals surface area contributed by atoms with Crippen LogP contribution in [0.15, 0.2) is 42.5 Å². The van der Waals surface area contributed by atoms with E-state index in [9.17, 15) is 22.0 Å². The number of hydrogen-bond donors (Lipinski definition) is 1. The average Bonchev–Trinajstić information content (AvgIpc) is 2.58. The molecule has 152 valence electrons. The Morgan fingerprint density at radius 2 is 1.64 bits per heavy atom. The van der Waals surface area contributed by atoms with E-state index in [1.807, 2.05) is 13.8 Å². The summed E-state index contributed by atoms with van der Waals surface area (Å²) in [5.74, 6) is -2.33. The van der Waals surface area contributed by atoms with Crippen molar-refractivity contribution < 1.29 is 26.7 Å². The molecule has 0 spiro atoms. The van der Waals surface area contributed by atoms with Crippen molar-refractivity contribution in [2.75, 3.05) is 15.9 Å². The molecule has 0 heterocycles. The van der Waals surface area contributed by atoms with E-state index in [1.165, 1.54) is 6.92 Å². The van der Waals surface area contributed by atoms with Gasteiger partial charge in [0.05, 0.1) is 18.0 Å². The first-order valence-electron chi connectivity index (χ1n) is 8.51. The van der Waals surface area contributed by atoms with Gasteiger partial charge in [-0.15, -0.1) is 0 Å². The summed E-state index contributed by atoms with van der Waals surface area (Å²) in [6.45, 7) is 5.12. The highest BCUT2D eigenvalue weighted by molar-refractivity contribution is 7.92. The molecule has 0 saturated carbocycles. The summed E-state index contributed by atoms with van der Waals surface area (Å²) in [5.41, 5.74) is 0.288. The number of rotatable bonds is 7. The van der Waals surface area contributed by atoms with E-state index in [0.717, 1.165) is 28.8 Å². The van der Waals surface area contributed by atoms with Gasteiger partial charge in [0.25, 0.3) is 0 Å². The van der Waals surface area contributed by atoms with Crippen LogP contribution in [-0.4, -0.2) is 32.7 Å². The molecule has 0 aromatic heterocycles. The second-order valence-corrected chi connectivity index (χ2v) is 8.37. The second kappa shape index (κ2) is 8.55. The molecule has 0 aliphatic carbocycles. The summed E-state index contributed by atoms with van der Waals surface area (Å²) in [7, 11) is -3.94. The monoisotopic (exact) mass is 412 g/mol. The molecule has 2 aromatic rings. The first-order chi connectivity index (χ1) is 13.0. The zero-order valence-corrected chi connectivity index (χ0v) is 16.8. The minimum atomic E-state index is -3.94. The largest absolute Gasteiger partial charge is 0.491 e. The Bertz CT molecular complexity index is 947. The quantitative estimate of drug-likeness (QED) is 0.755. The topological polar surface area (TPSA) is 75.7 Å². The third-order valence-electron chi connectivity index (χ3n) is 3.74. The van der Waals surface area contributed by atoms with Gasteiger partial charge in [-0.25, -0.2) is 17.2 Å². The lowest BCUT2D eigenvalue weighted by Gasteiger charge is -2.28. The van der Waals surface area contributed by atoms with Crippen molar-refractivity contribution in [1.82, 2.24) is 0 Å². The molecule has 0 radical (unpaired) electrons. The fraction of sp³-hybridized carbons (Fsp3) is 0.316. The molecular formula is C19H22F2N2O4S. The molecule has 0 aliphatic heterocycles. The molecular weight excluding hydrogens is 390 g/mol. The number of anilines is 2. The van der Waals surface area contributed by atoms with Crippen LogP contribution in [0, 0.1) is 11.6 Å². The van der Waals surface area contributed by atoms with Gasteiger partial charge in [-0.05, 0) is 57.2 Å². The van der Waals surface area contributed by atoms with Crippen molar-refractivity contribution in [1.29, 1.82) is 0 Å². The third-order valence-corrected chi connectivity index (χ3v) is 4.98. The van der Waals surface area contributed by atoms with Gasteiger partial charge >= 0.3 is 0 Å². The fourth-order valence-electron chi connectivity index (χ4n) is 2.57. The van der Waals surface area contributed by atoms with Crippen molar-refractivity contribution in [2.24, 2.45) is 0 Å². The maximum Gasteiger partial charge on any atom is 0.247 e. The molecule has 2 rings (SSSR count). The molecule has 2 aromatic carbocycles. The van der Waals surface area contributed by atoms with Crippen molar-refractivity contribution in [3.63, 3.8) is 0 Å². The number of amides is 1. The predicted molar refractivity (Wildman–Crippen MR) is 104 cm³/mol. The first-order valence-corrected chi connectivity index (χ1v) is 10.4. The molecule has 1 N–H and O–H groups in total. The summed E-state index contributed by atoms with van der Waals surface area (Å²) >= 11 is 0. The second-order valence-electron chi connectivity index (χ2n) is 6.51. The van der Waals surface area contributed by atoms with Crippen LogP contribution < -0.4 is 14.4 Å². The van der Waals surface area contributed by atoms with Crippen LogP contribution in [0.3, 0.4) is 0 Å². The molecule has 0 bridgehead atoms. The predicted octanol–water partition coefficient (Wildman–Crippen LogP) is 3.55. The van der Waals surface area contributed by atoms with Crippen LogP contribution in [-0.2, 0) is 14.8 Å². The van der Waals surface area contributed by atoms with Crippen LogP contribution in [0.5, 0.6) is 5.75 Å². The van der Waals surface area contributed by atoms with Gasteiger partial charge in [-0.1, -0.05) is 0 Å². The molecule has 0 aliphatic rings. The van der Waals surface area contributed by atoms with Gasteiger partial charge in [-0.3, -0.25) is 9.10 Å². The van der Waals surface area contributed by atoms with E-state index < -0.39 is 33.6 Å². The number of nitrogens with one attached hydrogen (secondary N) is 1. The highest BCUT2D eigenvalue weighted by Crippen LogP contribution is 2.24. The Morgan fingerprint density at radius 1 is 1.04 bits per heavy atom. The average molecular weight is 412 g/mol. The van der Waals surface area contributed by atoms with Gasteiger partial charge in [0.2, 0.25) is 15.9 Å². The Hall–Kier alpha value is -2.68. The lowest BCUT2D eigenvalue weighted by Crippen LogP contribution is -2.45. The van der Waals surface area contributed by atoms with Crippen LogP contribution >= 0.6 is 0 Å². The van der Waals surface area contributed by atoms with Crippen molar-refractivity contribution in [2.45, 2.75) is 32.9 Å². The Labute approximate surface area is 163 Å². The summed E-state index contributed by atoms with van der Waals surface area (Å²) < 4.78 is 57.4. The van der Waals surface area contributed by atoms with E-state index in [4.69, 9.17) is 4.74 Å². The number of halogens is 2. The van der Waals surface area contributed by atoms with E-state index in [2.05, 4.69) is 5.32 Å². The number of benzene rings is 2. The SMILES string of the molecule is CC(C)Oc1ccc(NC(=O)[C@@H](C)N(c2ccc(F)c(F)c2)S(C)(=O)=O)cc1. The zero-order chi connectivity index (χ0) is 21.1. The Kier molecular flexibility index (Phi) is 6.60. The lowest BCUT2D eigenvalue weighted by molar-refractivity contribution is -0.116. The summed E-state index contributed by atoms with van der Waals surface area (Å²) in [6.07, 6.45) is 0.885. The first kappa shape index (κ1) is 21.6. The zero-order valence-electron chi connectivity index (χ0n) is 15.9.